The number of nitrogens with one attached hydrogen (secondary N) is 1. The molecule has 7 heteroatoms. The van der Waals surface area contributed by atoms with Crippen molar-refractivity contribution in [1.82, 2.24) is 5.32 Å². The summed E-state index contributed by atoms with van der Waals surface area (Å²) in [7, 11) is 0. The van der Waals surface area contributed by atoms with Crippen molar-refractivity contribution >= 4 is 17.6 Å². The molecule has 7 nitrogen and oxygen atoms in total. The van der Waals surface area contributed by atoms with Crippen LogP contribution in [0.4, 0.5) is 0 Å². The van der Waals surface area contributed by atoms with Gasteiger partial charge in [0.1, 0.15) is 11.6 Å². The summed E-state index contributed by atoms with van der Waals surface area (Å²) in [4.78, 5) is 28.7. The summed E-state index contributed by atoms with van der Waals surface area (Å²) < 4.78 is 0. The van der Waals surface area contributed by atoms with Crippen LogP contribution in [0.3, 0.4) is 0 Å². The number of carboxylic acid groups (broad SMARTS) is 1. The lowest BCUT2D eigenvalue weighted by atomic mass is 9.46. The van der Waals surface area contributed by atoms with E-state index in [1.54, 1.807) is 13.8 Å². The third-order valence-electron chi connectivity index (χ3n) is 9.99. The number of carboxylic acids is 1. The van der Waals surface area contributed by atoms with Gasteiger partial charge in [0.15, 0.2) is 6.61 Å². The van der Waals surface area contributed by atoms with Gasteiger partial charge in [-0.15, -0.1) is 6.42 Å². The average molecular weight is 485 g/mol. The first kappa shape index (κ1) is 25.8. The molecule has 0 aromatic rings. The maximum atomic E-state index is 12.1. The summed E-state index contributed by atoms with van der Waals surface area (Å²) in [6.45, 7) is 7.80. The molecule has 4 rings (SSSR count). The number of nitrogens with zero attached hydrogens (tertiary/aromatic N) is 1. The van der Waals surface area contributed by atoms with Crippen molar-refractivity contribution in [1.29, 1.82) is 0 Å². The number of allylic oxidation sites excluding steroid dienone is 2. The zero-order chi connectivity index (χ0) is 25.6. The molecule has 3 saturated carbocycles. The Morgan fingerprint density at radius 2 is 1.91 bits per heavy atom. The van der Waals surface area contributed by atoms with Crippen LogP contribution in [0.2, 0.25) is 0 Å². The minimum Gasteiger partial charge on any atom is -0.480 e. The number of aliphatic hydroxyl groups is 1. The first-order valence-electron chi connectivity index (χ1n) is 13.1. The standard InChI is InChI=1S/C28H40N2O5/c1-6-28(34)14-11-22-20-8-7-18-15-19(9-12-26(18,4)21(20)10-13-27(22,28)5)30-35-16-23(31)29-24(17(2)3)25(32)33/h1,15,17,20-22,24,34H,7-14,16H2,2-5H3,(H,29,31)(H,32,33)/t20?,21?,22?,24?,26-,27-,28+/m0/s1. The van der Waals surface area contributed by atoms with E-state index < -0.39 is 23.5 Å². The van der Waals surface area contributed by atoms with Gasteiger partial charge in [0.25, 0.3) is 5.91 Å². The maximum Gasteiger partial charge on any atom is 0.326 e. The van der Waals surface area contributed by atoms with Gasteiger partial charge >= 0.3 is 5.97 Å². The van der Waals surface area contributed by atoms with E-state index in [0.29, 0.717) is 24.2 Å². The number of carbonyl (C=O) groups excluding carboxylic acids is 1. The second kappa shape index (κ2) is 9.28. The van der Waals surface area contributed by atoms with E-state index in [4.69, 9.17) is 11.3 Å². The molecule has 192 valence electrons. The number of amides is 1. The molecule has 0 radical (unpaired) electrons. The number of rotatable bonds is 6. The van der Waals surface area contributed by atoms with Crippen LogP contribution in [0.5, 0.6) is 0 Å². The Kier molecular flexibility index (Phi) is 6.83. The van der Waals surface area contributed by atoms with Gasteiger partial charge in [-0.2, -0.15) is 0 Å². The largest absolute Gasteiger partial charge is 0.480 e. The SMILES string of the molecule is C#C[C@@]1(O)CCC2C3CCC4=CC(=NOCC(=O)NC(C(=O)O)C(C)C)CC[C@]4(C)C3CC[C@@]21C. The number of terminal acetylenes is 1. The van der Waals surface area contributed by atoms with E-state index in [1.165, 1.54) is 5.57 Å². The van der Waals surface area contributed by atoms with Crippen LogP contribution in [0, 0.1) is 46.8 Å². The number of hydrogen-bond donors (Lipinski definition) is 3. The fourth-order valence-corrected chi connectivity index (χ4v) is 7.80. The van der Waals surface area contributed by atoms with E-state index in [-0.39, 0.29) is 23.4 Å². The smallest absolute Gasteiger partial charge is 0.326 e. The summed E-state index contributed by atoms with van der Waals surface area (Å²) in [6, 6.07) is -0.944. The second-order valence-electron chi connectivity index (χ2n) is 12.0. The van der Waals surface area contributed by atoms with Crippen LogP contribution in [-0.4, -0.2) is 46.1 Å². The molecule has 35 heavy (non-hydrogen) atoms. The molecule has 4 unspecified atom stereocenters. The molecule has 0 aromatic carbocycles. The first-order valence-corrected chi connectivity index (χ1v) is 13.1. The Bertz CT molecular complexity index is 980. The minimum atomic E-state index is -1.06. The van der Waals surface area contributed by atoms with E-state index in [1.807, 2.05) is 0 Å². The van der Waals surface area contributed by atoms with Gasteiger partial charge < -0.3 is 20.4 Å². The van der Waals surface area contributed by atoms with Gasteiger partial charge in [-0.1, -0.05) is 44.3 Å². The minimum absolute atomic E-state index is 0.115. The molecular formula is C28H40N2O5. The summed E-state index contributed by atoms with van der Waals surface area (Å²) in [6.07, 6.45) is 15.6. The fraction of sp³-hybridized carbons (Fsp3) is 0.750. The Morgan fingerprint density at radius 3 is 2.57 bits per heavy atom. The highest BCUT2D eigenvalue weighted by atomic mass is 16.6. The number of hydrogen-bond acceptors (Lipinski definition) is 5. The summed E-state index contributed by atoms with van der Waals surface area (Å²) >= 11 is 0. The highest BCUT2D eigenvalue weighted by Gasteiger charge is 2.63. The van der Waals surface area contributed by atoms with Crippen LogP contribution >= 0.6 is 0 Å². The van der Waals surface area contributed by atoms with Gasteiger partial charge in [-0.25, -0.2) is 4.79 Å². The molecule has 0 heterocycles. The third-order valence-corrected chi connectivity index (χ3v) is 9.99. The van der Waals surface area contributed by atoms with Crippen LogP contribution in [0.15, 0.2) is 16.8 Å². The van der Waals surface area contributed by atoms with Crippen molar-refractivity contribution in [2.75, 3.05) is 6.61 Å². The summed E-state index contributed by atoms with van der Waals surface area (Å²) in [5, 5.41) is 27.1. The molecule has 3 fully saturated rings. The molecular weight excluding hydrogens is 444 g/mol. The van der Waals surface area contributed by atoms with Gasteiger partial charge in [-0.05, 0) is 86.5 Å². The number of carbonyl (C=O) groups is 2. The lowest BCUT2D eigenvalue weighted by Gasteiger charge is -2.58. The molecule has 4 aliphatic rings. The zero-order valence-corrected chi connectivity index (χ0v) is 21.5. The highest BCUT2D eigenvalue weighted by Crippen LogP contribution is 2.67. The first-order chi connectivity index (χ1) is 16.4. The predicted molar refractivity (Wildman–Crippen MR) is 133 cm³/mol. The molecule has 1 amide bonds. The molecule has 0 saturated heterocycles. The lowest BCUT2D eigenvalue weighted by molar-refractivity contribution is -0.143. The Labute approximate surface area is 208 Å². The van der Waals surface area contributed by atoms with Gasteiger partial charge in [-0.3, -0.25) is 4.79 Å². The van der Waals surface area contributed by atoms with Crippen molar-refractivity contribution in [3.8, 4) is 12.3 Å². The maximum absolute atomic E-state index is 12.1. The van der Waals surface area contributed by atoms with Crippen molar-refractivity contribution in [2.45, 2.75) is 90.7 Å². The molecule has 3 N–H and O–H groups in total. The fourth-order valence-electron chi connectivity index (χ4n) is 7.80. The molecule has 0 aromatic heterocycles. The quantitative estimate of drug-likeness (QED) is 0.391. The van der Waals surface area contributed by atoms with Crippen molar-refractivity contribution in [3.05, 3.63) is 11.6 Å². The summed E-state index contributed by atoms with van der Waals surface area (Å²) in [5.74, 6) is 2.62. The van der Waals surface area contributed by atoms with E-state index in [9.17, 15) is 19.8 Å². The van der Waals surface area contributed by atoms with Crippen molar-refractivity contribution < 1.29 is 24.6 Å². The Morgan fingerprint density at radius 1 is 1.20 bits per heavy atom. The number of fused-ring (bicyclic) bond motifs is 5. The lowest BCUT2D eigenvalue weighted by Crippen LogP contribution is -2.54. The van der Waals surface area contributed by atoms with Crippen LogP contribution in [0.25, 0.3) is 0 Å². The van der Waals surface area contributed by atoms with Crippen LogP contribution in [-0.2, 0) is 14.4 Å². The second-order valence-corrected chi connectivity index (χ2v) is 12.0. The average Bonchev–Trinajstić information content (AvgIpc) is 3.08. The Balaban J connectivity index is 1.41. The molecule has 7 atom stereocenters. The molecule has 0 aliphatic heterocycles. The van der Waals surface area contributed by atoms with Gasteiger partial charge in [0.05, 0.1) is 5.71 Å². The van der Waals surface area contributed by atoms with Crippen molar-refractivity contribution in [3.63, 3.8) is 0 Å². The Hall–Kier alpha value is -2.33. The normalized spacial score (nSPS) is 40.1. The van der Waals surface area contributed by atoms with Crippen LogP contribution < -0.4 is 5.32 Å². The predicted octanol–water partition coefficient (Wildman–Crippen LogP) is 3.91. The monoisotopic (exact) mass is 484 g/mol. The van der Waals surface area contributed by atoms with E-state index in [2.05, 4.69) is 36.3 Å². The third kappa shape index (κ3) is 4.28. The van der Waals surface area contributed by atoms with Gasteiger partial charge in [0, 0.05) is 5.41 Å². The molecule has 0 spiro atoms. The number of oxime groups is 1. The number of aliphatic carboxylic acids is 1. The van der Waals surface area contributed by atoms with E-state index in [0.717, 1.165) is 50.7 Å². The summed E-state index contributed by atoms with van der Waals surface area (Å²) in [5.41, 5.74) is 1.20. The van der Waals surface area contributed by atoms with Crippen molar-refractivity contribution in [2.24, 2.45) is 39.7 Å². The van der Waals surface area contributed by atoms with E-state index >= 15 is 0 Å². The topological polar surface area (TPSA) is 108 Å². The highest BCUT2D eigenvalue weighted by molar-refractivity contribution is 5.96. The molecule has 0 bridgehead atoms. The van der Waals surface area contributed by atoms with Gasteiger partial charge in [0.2, 0.25) is 0 Å². The molecule has 4 aliphatic carbocycles. The van der Waals surface area contributed by atoms with Crippen LogP contribution in [0.1, 0.15) is 79.1 Å². The zero-order valence-electron chi connectivity index (χ0n) is 21.5.